The molecule has 0 aliphatic heterocycles. The molecule has 0 radical (unpaired) electrons. The number of carbonyl (C=O) groups is 1. The van der Waals surface area contributed by atoms with Crippen molar-refractivity contribution >= 4 is 5.78 Å². The molecule has 2 N–H and O–H groups in total. The minimum absolute atomic E-state index is 0.376. The number of Topliss-reactive ketones (excluding diaryl/α,β-unsaturated/α-hetero) is 1. The van der Waals surface area contributed by atoms with Crippen molar-refractivity contribution in [2.45, 2.75) is 71.6 Å². The van der Waals surface area contributed by atoms with Crippen molar-refractivity contribution in [3.05, 3.63) is 0 Å². The lowest BCUT2D eigenvalue weighted by Crippen LogP contribution is -2.21. The Kier molecular flexibility index (Phi) is 7.57. The molecule has 1 rings (SSSR count). The molecule has 1 unspecified atom stereocenters. The van der Waals surface area contributed by atoms with Crippen LogP contribution in [0, 0.1) is 17.8 Å². The average Bonchev–Trinajstić information content (AvgIpc) is 2.37. The van der Waals surface area contributed by atoms with Crippen molar-refractivity contribution in [1.82, 2.24) is 0 Å². The van der Waals surface area contributed by atoms with E-state index in [0.717, 1.165) is 44.6 Å². The van der Waals surface area contributed by atoms with Gasteiger partial charge in [-0.1, -0.05) is 39.5 Å². The van der Waals surface area contributed by atoms with Crippen LogP contribution in [0.2, 0.25) is 0 Å². The second-order valence-electron chi connectivity index (χ2n) is 6.19. The van der Waals surface area contributed by atoms with E-state index in [1.165, 1.54) is 25.7 Å². The van der Waals surface area contributed by atoms with Gasteiger partial charge in [-0.25, -0.2) is 0 Å². The lowest BCUT2D eigenvalue weighted by molar-refractivity contribution is -0.124. The highest BCUT2D eigenvalue weighted by atomic mass is 16.1. The predicted octanol–water partition coefficient (Wildman–Crippen LogP) is 3.93. The third-order valence-electron chi connectivity index (χ3n) is 4.54. The van der Waals surface area contributed by atoms with E-state index in [0.29, 0.717) is 17.6 Å². The van der Waals surface area contributed by atoms with Crippen LogP contribution in [-0.4, -0.2) is 12.3 Å². The molecule has 2 nitrogen and oxygen atoms in total. The molecular weight excluding hydrogens is 222 g/mol. The maximum Gasteiger partial charge on any atom is 0.135 e. The molecule has 0 heterocycles. The SMILES string of the molecule is CCCC(CCN)CCC(=O)C1CCC(C)CC1. The molecule has 1 saturated carbocycles. The molecule has 1 aliphatic carbocycles. The molecule has 1 fully saturated rings. The number of hydrogen-bond donors (Lipinski definition) is 1. The molecule has 1 aliphatic rings. The van der Waals surface area contributed by atoms with E-state index < -0.39 is 0 Å². The van der Waals surface area contributed by atoms with Crippen molar-refractivity contribution < 1.29 is 4.79 Å². The fraction of sp³-hybridized carbons (Fsp3) is 0.938. The molecule has 106 valence electrons. The van der Waals surface area contributed by atoms with E-state index in [2.05, 4.69) is 13.8 Å². The zero-order valence-corrected chi connectivity index (χ0v) is 12.3. The number of hydrogen-bond acceptors (Lipinski definition) is 2. The number of ketones is 1. The Bertz CT molecular complexity index is 225. The van der Waals surface area contributed by atoms with Crippen LogP contribution in [-0.2, 0) is 4.79 Å². The molecule has 0 aromatic carbocycles. The van der Waals surface area contributed by atoms with Crippen LogP contribution in [0.3, 0.4) is 0 Å². The molecular formula is C16H31NO. The molecule has 1 atom stereocenters. The number of nitrogens with two attached hydrogens (primary N) is 1. The summed E-state index contributed by atoms with van der Waals surface area (Å²) in [4.78, 5) is 12.2. The summed E-state index contributed by atoms with van der Waals surface area (Å²) < 4.78 is 0. The molecule has 0 saturated heterocycles. The predicted molar refractivity (Wildman–Crippen MR) is 77.4 cm³/mol. The van der Waals surface area contributed by atoms with Gasteiger partial charge >= 0.3 is 0 Å². The molecule has 0 aromatic heterocycles. The van der Waals surface area contributed by atoms with Crippen LogP contribution < -0.4 is 5.73 Å². The van der Waals surface area contributed by atoms with Gasteiger partial charge in [-0.15, -0.1) is 0 Å². The largest absolute Gasteiger partial charge is 0.330 e. The standard InChI is InChI=1S/C16H31NO/c1-3-4-14(11-12-17)7-10-16(18)15-8-5-13(2)6-9-15/h13-15H,3-12,17H2,1-2H3. The van der Waals surface area contributed by atoms with Gasteiger partial charge < -0.3 is 5.73 Å². The van der Waals surface area contributed by atoms with Crippen LogP contribution in [0.4, 0.5) is 0 Å². The van der Waals surface area contributed by atoms with E-state index in [9.17, 15) is 4.79 Å². The zero-order valence-electron chi connectivity index (χ0n) is 12.3. The summed E-state index contributed by atoms with van der Waals surface area (Å²) in [6.07, 6.45) is 10.1. The Hall–Kier alpha value is -0.370. The first-order valence-corrected chi connectivity index (χ1v) is 7.90. The van der Waals surface area contributed by atoms with Gasteiger partial charge in [-0.3, -0.25) is 4.79 Å². The van der Waals surface area contributed by atoms with Crippen molar-refractivity contribution in [3.8, 4) is 0 Å². The van der Waals surface area contributed by atoms with Gasteiger partial charge in [0.15, 0.2) is 0 Å². The zero-order chi connectivity index (χ0) is 13.4. The third kappa shape index (κ3) is 5.51. The summed E-state index contributed by atoms with van der Waals surface area (Å²) in [5.41, 5.74) is 5.64. The monoisotopic (exact) mass is 253 g/mol. The number of carbonyl (C=O) groups excluding carboxylic acids is 1. The summed E-state index contributed by atoms with van der Waals surface area (Å²) >= 11 is 0. The smallest absolute Gasteiger partial charge is 0.135 e. The molecule has 18 heavy (non-hydrogen) atoms. The highest BCUT2D eigenvalue weighted by molar-refractivity contribution is 5.81. The van der Waals surface area contributed by atoms with Gasteiger partial charge in [0.05, 0.1) is 0 Å². The topological polar surface area (TPSA) is 43.1 Å². The fourth-order valence-corrected chi connectivity index (χ4v) is 3.21. The van der Waals surface area contributed by atoms with Crippen molar-refractivity contribution in [2.75, 3.05) is 6.54 Å². The van der Waals surface area contributed by atoms with Gasteiger partial charge in [0.2, 0.25) is 0 Å². The highest BCUT2D eigenvalue weighted by Crippen LogP contribution is 2.30. The maximum absolute atomic E-state index is 12.2. The van der Waals surface area contributed by atoms with E-state index in [1.807, 2.05) is 0 Å². The van der Waals surface area contributed by atoms with Crippen molar-refractivity contribution in [1.29, 1.82) is 0 Å². The Morgan fingerprint density at radius 3 is 2.39 bits per heavy atom. The Morgan fingerprint density at radius 2 is 1.83 bits per heavy atom. The van der Waals surface area contributed by atoms with Crippen LogP contribution in [0.1, 0.15) is 71.6 Å². The first kappa shape index (κ1) is 15.7. The lowest BCUT2D eigenvalue weighted by atomic mass is 9.79. The summed E-state index contributed by atoms with van der Waals surface area (Å²) in [7, 11) is 0. The summed E-state index contributed by atoms with van der Waals surface area (Å²) in [6.45, 7) is 5.28. The average molecular weight is 253 g/mol. The van der Waals surface area contributed by atoms with E-state index in [-0.39, 0.29) is 0 Å². The summed E-state index contributed by atoms with van der Waals surface area (Å²) in [5.74, 6) is 2.41. The molecule has 0 bridgehead atoms. The quantitative estimate of drug-likeness (QED) is 0.712. The van der Waals surface area contributed by atoms with Gasteiger partial charge in [0.1, 0.15) is 5.78 Å². The van der Waals surface area contributed by atoms with E-state index in [4.69, 9.17) is 5.73 Å². The first-order chi connectivity index (χ1) is 8.67. The van der Waals surface area contributed by atoms with Crippen LogP contribution in [0.15, 0.2) is 0 Å². The van der Waals surface area contributed by atoms with Gasteiger partial charge in [-0.05, 0) is 44.1 Å². The van der Waals surface area contributed by atoms with Crippen molar-refractivity contribution in [3.63, 3.8) is 0 Å². The molecule has 0 spiro atoms. The van der Waals surface area contributed by atoms with Gasteiger partial charge in [-0.2, -0.15) is 0 Å². The van der Waals surface area contributed by atoms with Crippen LogP contribution in [0.5, 0.6) is 0 Å². The highest BCUT2D eigenvalue weighted by Gasteiger charge is 2.24. The van der Waals surface area contributed by atoms with Crippen LogP contribution >= 0.6 is 0 Å². The lowest BCUT2D eigenvalue weighted by Gasteiger charge is -2.25. The van der Waals surface area contributed by atoms with Gasteiger partial charge in [0, 0.05) is 12.3 Å². The minimum Gasteiger partial charge on any atom is -0.330 e. The molecule has 0 aromatic rings. The molecule has 0 amide bonds. The van der Waals surface area contributed by atoms with Crippen molar-refractivity contribution in [2.24, 2.45) is 23.5 Å². The first-order valence-electron chi connectivity index (χ1n) is 7.90. The Morgan fingerprint density at radius 1 is 1.17 bits per heavy atom. The van der Waals surface area contributed by atoms with E-state index in [1.54, 1.807) is 0 Å². The summed E-state index contributed by atoms with van der Waals surface area (Å²) in [6, 6.07) is 0. The molecule has 2 heteroatoms. The second kappa shape index (κ2) is 8.68. The van der Waals surface area contributed by atoms with Gasteiger partial charge in [0.25, 0.3) is 0 Å². The summed E-state index contributed by atoms with van der Waals surface area (Å²) in [5, 5.41) is 0. The third-order valence-corrected chi connectivity index (χ3v) is 4.54. The van der Waals surface area contributed by atoms with Crippen LogP contribution in [0.25, 0.3) is 0 Å². The second-order valence-corrected chi connectivity index (χ2v) is 6.19. The van der Waals surface area contributed by atoms with E-state index >= 15 is 0 Å². The maximum atomic E-state index is 12.2. The Balaban J connectivity index is 2.26. The Labute approximate surface area is 113 Å². The number of rotatable bonds is 8. The minimum atomic E-state index is 0.376. The fourth-order valence-electron chi connectivity index (χ4n) is 3.21. The normalized spacial score (nSPS) is 25.9.